The molecule has 2 unspecified atom stereocenters. The van der Waals surface area contributed by atoms with Gasteiger partial charge in [-0.25, -0.2) is 9.13 Å². The van der Waals surface area contributed by atoms with Crippen LogP contribution < -0.4 is 0 Å². The number of carbonyl (C=O) groups excluding carboxylic acids is 4. The lowest BCUT2D eigenvalue weighted by atomic mass is 10.0. The SMILES string of the molecule is CCCCCC/C=C\C=C/CCCCCCCC(=O)O[C@H](COC(=O)CCCCCCCCCC)COP(=O)(O)OC[C@H](O)COP(=O)(O)OC[C@@H](COC(=O)CCCCCCCCCCCCCCCCCCCCC)OC(=O)CCCCCCCCCCCCCCCCCCCCCCCC. The molecule has 0 saturated heterocycles. The van der Waals surface area contributed by atoms with Crippen molar-refractivity contribution in [2.45, 2.75) is 457 Å². The number of allylic oxidation sites excluding steroid dienone is 4. The molecule has 5 atom stereocenters. The maximum absolute atomic E-state index is 13.1. The second-order valence-electron chi connectivity index (χ2n) is 29.9. The molecule has 0 aromatic heterocycles. The van der Waals surface area contributed by atoms with E-state index in [-0.39, 0.29) is 25.7 Å². The average Bonchev–Trinajstić information content (AvgIpc) is 0.905. The predicted octanol–water partition coefficient (Wildman–Crippen LogP) is 25.7. The van der Waals surface area contributed by atoms with E-state index in [1.54, 1.807) is 0 Å². The predicted molar refractivity (Wildman–Crippen MR) is 428 cm³/mol. The first-order chi connectivity index (χ1) is 50.7. The van der Waals surface area contributed by atoms with Gasteiger partial charge in [0.2, 0.25) is 0 Å². The van der Waals surface area contributed by atoms with Crippen molar-refractivity contribution in [3.63, 3.8) is 0 Å². The van der Waals surface area contributed by atoms with Crippen LogP contribution in [0.15, 0.2) is 24.3 Å². The number of unbranched alkanes of at least 4 members (excludes halogenated alkanes) is 55. The minimum absolute atomic E-state index is 0.0855. The van der Waals surface area contributed by atoms with Gasteiger partial charge in [-0.05, 0) is 51.4 Å². The fourth-order valence-corrected chi connectivity index (χ4v) is 14.4. The van der Waals surface area contributed by atoms with Crippen molar-refractivity contribution in [2.75, 3.05) is 39.6 Å². The second-order valence-corrected chi connectivity index (χ2v) is 32.8. The molecule has 0 aromatic carbocycles. The Kier molecular flexibility index (Phi) is 76.8. The van der Waals surface area contributed by atoms with Gasteiger partial charge < -0.3 is 33.8 Å². The van der Waals surface area contributed by atoms with Crippen molar-refractivity contribution in [3.8, 4) is 0 Å². The third-order valence-corrected chi connectivity index (χ3v) is 21.4. The largest absolute Gasteiger partial charge is 0.472 e. The van der Waals surface area contributed by atoms with Crippen molar-refractivity contribution in [2.24, 2.45) is 0 Å². The lowest BCUT2D eigenvalue weighted by Crippen LogP contribution is -2.30. The highest BCUT2D eigenvalue weighted by molar-refractivity contribution is 7.47. The van der Waals surface area contributed by atoms with Crippen LogP contribution in [0.2, 0.25) is 0 Å². The Morgan fingerprint density at radius 1 is 0.269 bits per heavy atom. The van der Waals surface area contributed by atoms with Crippen molar-refractivity contribution in [1.29, 1.82) is 0 Å². The molecule has 104 heavy (non-hydrogen) atoms. The lowest BCUT2D eigenvalue weighted by Gasteiger charge is -2.21. The van der Waals surface area contributed by atoms with E-state index in [0.29, 0.717) is 25.7 Å². The molecule has 3 N–H and O–H groups in total. The summed E-state index contributed by atoms with van der Waals surface area (Å²) in [5.74, 6) is -2.14. The number of carbonyl (C=O) groups is 4. The summed E-state index contributed by atoms with van der Waals surface area (Å²) in [5.41, 5.74) is 0. The van der Waals surface area contributed by atoms with Gasteiger partial charge in [0, 0.05) is 25.7 Å². The van der Waals surface area contributed by atoms with Gasteiger partial charge in [-0.3, -0.25) is 37.3 Å². The highest BCUT2D eigenvalue weighted by Gasteiger charge is 2.30. The van der Waals surface area contributed by atoms with Crippen molar-refractivity contribution in [3.05, 3.63) is 24.3 Å². The summed E-state index contributed by atoms with van der Waals surface area (Å²) < 4.78 is 68.7. The normalized spacial score (nSPS) is 13.9. The fourth-order valence-electron chi connectivity index (χ4n) is 12.8. The third kappa shape index (κ3) is 77.7. The number of hydrogen-bond donors (Lipinski definition) is 3. The van der Waals surface area contributed by atoms with Crippen LogP contribution in [0.5, 0.6) is 0 Å². The maximum atomic E-state index is 13.1. The average molecular weight is 1520 g/mol. The van der Waals surface area contributed by atoms with Crippen molar-refractivity contribution in [1.82, 2.24) is 0 Å². The number of phosphoric acid groups is 2. The molecule has 0 fully saturated rings. The molecule has 0 aromatic rings. The van der Waals surface area contributed by atoms with Crippen LogP contribution in [-0.4, -0.2) is 96.7 Å². The van der Waals surface area contributed by atoms with Gasteiger partial charge >= 0.3 is 39.5 Å². The Morgan fingerprint density at radius 2 is 0.462 bits per heavy atom. The molecular formula is C85H162O17P2. The van der Waals surface area contributed by atoms with E-state index in [1.165, 1.54) is 250 Å². The number of aliphatic hydroxyl groups is 1. The van der Waals surface area contributed by atoms with Gasteiger partial charge in [0.1, 0.15) is 19.3 Å². The monoisotopic (exact) mass is 1520 g/mol. The molecule has 17 nitrogen and oxygen atoms in total. The van der Waals surface area contributed by atoms with Gasteiger partial charge in [0.25, 0.3) is 0 Å². The zero-order chi connectivity index (χ0) is 76.0. The van der Waals surface area contributed by atoms with Crippen LogP contribution in [0.1, 0.15) is 439 Å². The highest BCUT2D eigenvalue weighted by Crippen LogP contribution is 2.45. The van der Waals surface area contributed by atoms with Gasteiger partial charge in [-0.15, -0.1) is 0 Å². The summed E-state index contributed by atoms with van der Waals surface area (Å²) >= 11 is 0. The number of hydrogen-bond acceptors (Lipinski definition) is 15. The van der Waals surface area contributed by atoms with E-state index in [4.69, 9.17) is 37.0 Å². The standard InChI is InChI=1S/C85H162O17P2/c1-5-9-13-17-21-25-28-31-34-36-38-39-40-42-44-47-50-53-56-60-64-68-72-85(90)102-81(76-96-83(88)70-66-62-58-54-51-48-46-43-41-37-35-32-29-26-22-18-14-10-6-2)78-100-104(93,94)98-74-79(86)73-97-103(91,92)99-77-80(75-95-82(87)69-65-61-57-24-20-16-12-8-4)101-84(89)71-67-63-59-55-52-49-45-33-30-27-23-19-15-11-7-3/h27,30,33,45,79-81,86H,5-26,28-29,31-32,34-44,46-78H2,1-4H3,(H,91,92)(H,93,94)/b30-27-,45-33-/t79-,80+,81+/m0/s1. The molecule has 0 radical (unpaired) electrons. The van der Waals surface area contributed by atoms with Crippen LogP contribution in [-0.2, 0) is 65.4 Å². The highest BCUT2D eigenvalue weighted by atomic mass is 31.2. The zero-order valence-electron chi connectivity index (χ0n) is 67.5. The Balaban J connectivity index is 5.20. The van der Waals surface area contributed by atoms with E-state index in [9.17, 15) is 43.2 Å². The third-order valence-electron chi connectivity index (χ3n) is 19.5. The zero-order valence-corrected chi connectivity index (χ0v) is 69.3. The summed E-state index contributed by atoms with van der Waals surface area (Å²) in [5, 5.41) is 10.6. The van der Waals surface area contributed by atoms with Crippen molar-refractivity contribution >= 4 is 39.5 Å². The number of phosphoric ester groups is 2. The Bertz CT molecular complexity index is 2060. The molecule has 19 heteroatoms. The van der Waals surface area contributed by atoms with Crippen LogP contribution >= 0.6 is 15.6 Å². The summed E-state index contributed by atoms with van der Waals surface area (Å²) in [4.78, 5) is 73.0. The van der Waals surface area contributed by atoms with E-state index < -0.39 is 97.5 Å². The number of ether oxygens (including phenoxy) is 4. The first-order valence-electron chi connectivity index (χ1n) is 43.6. The van der Waals surface area contributed by atoms with Gasteiger partial charge in [0.05, 0.1) is 26.4 Å². The summed E-state index contributed by atoms with van der Waals surface area (Å²) in [6.45, 7) is 4.95. The van der Waals surface area contributed by atoms with Crippen molar-refractivity contribution < 1.29 is 80.2 Å². The molecular weight excluding hydrogens is 1350 g/mol. The second kappa shape index (κ2) is 78.7. The first kappa shape index (κ1) is 102. The van der Waals surface area contributed by atoms with Gasteiger partial charge in [-0.2, -0.15) is 0 Å². The Labute approximate surface area is 637 Å². The summed E-state index contributed by atoms with van der Waals surface area (Å²) in [6, 6.07) is 0. The summed E-state index contributed by atoms with van der Waals surface area (Å²) in [6.07, 6.45) is 76.0. The van der Waals surface area contributed by atoms with E-state index in [2.05, 4.69) is 52.0 Å². The molecule has 614 valence electrons. The molecule has 0 aliphatic carbocycles. The molecule has 0 aliphatic rings. The molecule has 0 bridgehead atoms. The number of rotatable bonds is 84. The van der Waals surface area contributed by atoms with Gasteiger partial charge in [-0.1, -0.05) is 386 Å². The van der Waals surface area contributed by atoms with Crippen LogP contribution in [0.4, 0.5) is 0 Å². The summed E-state index contributed by atoms with van der Waals surface area (Å²) in [7, 11) is -9.93. The lowest BCUT2D eigenvalue weighted by molar-refractivity contribution is -0.161. The molecule has 0 heterocycles. The Hall–Kier alpha value is -2.46. The van der Waals surface area contributed by atoms with Crippen LogP contribution in [0, 0.1) is 0 Å². The van der Waals surface area contributed by atoms with E-state index >= 15 is 0 Å². The quantitative estimate of drug-likeness (QED) is 0.0169. The minimum atomic E-state index is -4.97. The minimum Gasteiger partial charge on any atom is -0.462 e. The molecule has 0 spiro atoms. The first-order valence-corrected chi connectivity index (χ1v) is 46.6. The molecule has 0 saturated carbocycles. The van der Waals surface area contributed by atoms with E-state index in [0.717, 1.165) is 109 Å². The fraction of sp³-hybridized carbons (Fsp3) is 0.906. The molecule has 0 rings (SSSR count). The van der Waals surface area contributed by atoms with Crippen LogP contribution in [0.25, 0.3) is 0 Å². The topological polar surface area (TPSA) is 237 Å². The van der Waals surface area contributed by atoms with Gasteiger partial charge in [0.15, 0.2) is 12.2 Å². The smallest absolute Gasteiger partial charge is 0.462 e. The number of esters is 4. The molecule has 0 aliphatic heterocycles. The Morgan fingerprint density at radius 3 is 0.702 bits per heavy atom. The number of aliphatic hydroxyl groups excluding tert-OH is 1. The van der Waals surface area contributed by atoms with Crippen LogP contribution in [0.3, 0.4) is 0 Å². The van der Waals surface area contributed by atoms with E-state index in [1.807, 2.05) is 0 Å². The molecule has 0 amide bonds. The maximum Gasteiger partial charge on any atom is 0.472 e.